The molecule has 0 saturated heterocycles. The summed E-state index contributed by atoms with van der Waals surface area (Å²) >= 11 is 6.23. The summed E-state index contributed by atoms with van der Waals surface area (Å²) in [5, 5.41) is 2.34. The van der Waals surface area contributed by atoms with Gasteiger partial charge in [0, 0.05) is 21.7 Å². The van der Waals surface area contributed by atoms with Crippen LogP contribution in [0.25, 0.3) is 34.0 Å². The highest BCUT2D eigenvalue weighted by Gasteiger charge is 2.17. The topological polar surface area (TPSA) is 51.8 Å². The lowest BCUT2D eigenvalue weighted by Gasteiger charge is -2.09. The molecular weight excluding hydrogens is 346 g/mol. The van der Waals surface area contributed by atoms with Crippen molar-refractivity contribution in [3.63, 3.8) is 0 Å². The van der Waals surface area contributed by atoms with E-state index in [9.17, 15) is 0 Å². The number of rotatable bonds is 2. The molecule has 0 spiro atoms. The number of fused-ring (bicyclic) bond motifs is 3. The van der Waals surface area contributed by atoms with Crippen LogP contribution in [0.3, 0.4) is 0 Å². The average molecular weight is 360 g/mol. The van der Waals surface area contributed by atoms with Gasteiger partial charge >= 0.3 is 0 Å². The van der Waals surface area contributed by atoms with E-state index in [1.807, 2.05) is 48.5 Å². The Kier molecular flexibility index (Phi) is 3.57. The number of halogens is 1. The van der Waals surface area contributed by atoms with Crippen molar-refractivity contribution < 1.29 is 4.42 Å². The van der Waals surface area contributed by atoms with Crippen molar-refractivity contribution in [2.75, 3.05) is 0 Å². The van der Waals surface area contributed by atoms with Crippen molar-refractivity contribution in [1.29, 1.82) is 0 Å². The average Bonchev–Trinajstić information content (AvgIpc) is 3.07. The van der Waals surface area contributed by atoms with Gasteiger partial charge in [-0.1, -0.05) is 48.5 Å². The van der Waals surface area contributed by atoms with Crippen molar-refractivity contribution in [2.24, 2.45) is 0 Å². The van der Waals surface area contributed by atoms with Gasteiger partial charge in [0.05, 0.1) is 0 Å². The van der Waals surface area contributed by atoms with Crippen LogP contribution in [0.4, 0.5) is 0 Å². The molecule has 2 heterocycles. The zero-order chi connectivity index (χ0) is 17.5. The van der Waals surface area contributed by atoms with Gasteiger partial charge in [0.2, 0.25) is 5.28 Å². The molecule has 0 amide bonds. The minimum Gasteiger partial charge on any atom is -0.456 e. The molecule has 0 unspecified atom stereocenters. The fraction of sp³-hybridized carbons (Fsp3) is 0.0952. The first-order valence-corrected chi connectivity index (χ1v) is 8.86. The molecule has 2 aromatic carbocycles. The summed E-state index contributed by atoms with van der Waals surface area (Å²) in [7, 11) is 0. The third-order valence-corrected chi connectivity index (χ3v) is 4.73. The molecule has 2 aromatic heterocycles. The molecule has 0 aliphatic heterocycles. The van der Waals surface area contributed by atoms with Gasteiger partial charge in [-0.15, -0.1) is 0 Å². The normalized spacial score (nSPS) is 13.5. The first kappa shape index (κ1) is 15.3. The summed E-state index contributed by atoms with van der Waals surface area (Å²) in [5.41, 5.74) is 3.72. The van der Waals surface area contributed by atoms with Crippen LogP contribution in [0, 0.1) is 0 Å². The second-order valence-electron chi connectivity index (χ2n) is 6.18. The molecule has 1 aliphatic carbocycles. The second kappa shape index (κ2) is 6.07. The van der Waals surface area contributed by atoms with Crippen molar-refractivity contribution in [1.82, 2.24) is 15.0 Å². The standard InChI is InChI=1S/C21H14ClN3O/c22-21-24-19(13-7-2-1-3-8-13)23-20(25-21)15-10-6-12-17-18(15)14-9-4-5-11-16(14)26-17/h1-5,7-9,11-12H,6,10H2. The van der Waals surface area contributed by atoms with Crippen molar-refractivity contribution in [3.8, 4) is 11.4 Å². The number of aromatic nitrogens is 3. The van der Waals surface area contributed by atoms with Gasteiger partial charge in [0.15, 0.2) is 11.6 Å². The minimum atomic E-state index is 0.199. The fourth-order valence-electron chi connectivity index (χ4n) is 3.42. The van der Waals surface area contributed by atoms with E-state index in [2.05, 4.69) is 22.1 Å². The number of nitrogens with zero attached hydrogens (tertiary/aromatic N) is 3. The number of para-hydroxylation sites is 1. The van der Waals surface area contributed by atoms with E-state index < -0.39 is 0 Å². The molecule has 5 heteroatoms. The monoisotopic (exact) mass is 359 g/mol. The summed E-state index contributed by atoms with van der Waals surface area (Å²) in [6.07, 6.45) is 3.84. The van der Waals surface area contributed by atoms with Crippen LogP contribution >= 0.6 is 11.6 Å². The van der Waals surface area contributed by atoms with E-state index in [4.69, 9.17) is 21.0 Å². The summed E-state index contributed by atoms with van der Waals surface area (Å²) in [6.45, 7) is 0. The van der Waals surface area contributed by atoms with E-state index >= 15 is 0 Å². The van der Waals surface area contributed by atoms with Crippen LogP contribution in [0.15, 0.2) is 59.0 Å². The van der Waals surface area contributed by atoms with Crippen molar-refractivity contribution >= 4 is 34.2 Å². The van der Waals surface area contributed by atoms with E-state index in [0.29, 0.717) is 11.6 Å². The SMILES string of the molecule is Clc1nc(C2=c3c(oc4ccccc34)=CCC2)nc(-c2ccccc2)n1. The lowest BCUT2D eigenvalue weighted by Crippen LogP contribution is -2.27. The van der Waals surface area contributed by atoms with Gasteiger partial charge in [0.1, 0.15) is 11.0 Å². The largest absolute Gasteiger partial charge is 0.456 e. The smallest absolute Gasteiger partial charge is 0.226 e. The van der Waals surface area contributed by atoms with Gasteiger partial charge in [-0.3, -0.25) is 0 Å². The van der Waals surface area contributed by atoms with Crippen LogP contribution in [0.2, 0.25) is 5.28 Å². The Bertz CT molecular complexity index is 1250. The lowest BCUT2D eigenvalue weighted by molar-refractivity contribution is 0.571. The highest BCUT2D eigenvalue weighted by atomic mass is 35.5. The Morgan fingerprint density at radius 2 is 1.62 bits per heavy atom. The molecule has 0 atom stereocenters. The van der Waals surface area contributed by atoms with Crippen LogP contribution in [0.5, 0.6) is 0 Å². The third kappa shape index (κ3) is 2.50. The molecule has 5 rings (SSSR count). The summed E-state index contributed by atoms with van der Waals surface area (Å²) < 4.78 is 6.01. The maximum atomic E-state index is 6.23. The molecule has 4 nitrogen and oxygen atoms in total. The lowest BCUT2D eigenvalue weighted by atomic mass is 10.0. The Morgan fingerprint density at radius 1 is 0.846 bits per heavy atom. The molecule has 0 radical (unpaired) electrons. The Hall–Kier alpha value is -2.98. The zero-order valence-electron chi connectivity index (χ0n) is 13.8. The van der Waals surface area contributed by atoms with Gasteiger partial charge < -0.3 is 4.42 Å². The maximum Gasteiger partial charge on any atom is 0.226 e. The Balaban J connectivity index is 1.81. The second-order valence-corrected chi connectivity index (χ2v) is 6.51. The number of hydrogen-bond donors (Lipinski definition) is 0. The quantitative estimate of drug-likeness (QED) is 0.547. The van der Waals surface area contributed by atoms with E-state index in [0.717, 1.165) is 45.6 Å². The molecule has 0 saturated carbocycles. The highest BCUT2D eigenvalue weighted by molar-refractivity contribution is 6.28. The maximum absolute atomic E-state index is 6.23. The molecule has 4 aromatic rings. The molecule has 0 N–H and O–H groups in total. The first-order valence-electron chi connectivity index (χ1n) is 8.48. The molecule has 126 valence electrons. The van der Waals surface area contributed by atoms with Crippen LogP contribution in [-0.4, -0.2) is 15.0 Å². The van der Waals surface area contributed by atoms with E-state index in [1.54, 1.807) is 0 Å². The zero-order valence-corrected chi connectivity index (χ0v) is 14.6. The third-order valence-electron chi connectivity index (χ3n) is 4.56. The van der Waals surface area contributed by atoms with Crippen molar-refractivity contribution in [2.45, 2.75) is 12.8 Å². The van der Waals surface area contributed by atoms with E-state index in [-0.39, 0.29) is 5.28 Å². The number of hydrogen-bond acceptors (Lipinski definition) is 4. The minimum absolute atomic E-state index is 0.199. The molecule has 26 heavy (non-hydrogen) atoms. The fourth-order valence-corrected chi connectivity index (χ4v) is 3.58. The van der Waals surface area contributed by atoms with Gasteiger partial charge in [-0.05, 0) is 36.6 Å². The Morgan fingerprint density at radius 3 is 2.50 bits per heavy atom. The highest BCUT2D eigenvalue weighted by Crippen LogP contribution is 2.22. The van der Waals surface area contributed by atoms with Crippen LogP contribution in [-0.2, 0) is 0 Å². The molecular formula is C21H14ClN3O. The van der Waals surface area contributed by atoms with Crippen LogP contribution in [0.1, 0.15) is 18.7 Å². The molecule has 0 bridgehead atoms. The van der Waals surface area contributed by atoms with Gasteiger partial charge in [0.25, 0.3) is 0 Å². The number of benzene rings is 2. The summed E-state index contributed by atoms with van der Waals surface area (Å²) in [5.74, 6) is 1.20. The van der Waals surface area contributed by atoms with E-state index in [1.165, 1.54) is 0 Å². The predicted octanol–water partition coefficient (Wildman–Crippen LogP) is 3.71. The first-order chi connectivity index (χ1) is 12.8. The van der Waals surface area contributed by atoms with Gasteiger partial charge in [-0.25, -0.2) is 4.98 Å². The van der Waals surface area contributed by atoms with Crippen molar-refractivity contribution in [3.05, 3.63) is 76.3 Å². The summed E-state index contributed by atoms with van der Waals surface area (Å²) in [4.78, 5) is 13.4. The number of furan rings is 1. The summed E-state index contributed by atoms with van der Waals surface area (Å²) in [6, 6.07) is 17.8. The predicted molar refractivity (Wildman–Crippen MR) is 102 cm³/mol. The van der Waals surface area contributed by atoms with Gasteiger partial charge in [-0.2, -0.15) is 9.97 Å². The van der Waals surface area contributed by atoms with Crippen LogP contribution < -0.4 is 10.6 Å². The molecule has 1 aliphatic rings. The molecule has 0 fully saturated rings. The Labute approximate surface area is 154 Å².